The summed E-state index contributed by atoms with van der Waals surface area (Å²) in [6, 6.07) is 0.501. The highest BCUT2D eigenvalue weighted by atomic mass is 14.9. The van der Waals surface area contributed by atoms with Gasteiger partial charge in [0.05, 0.1) is 0 Å². The highest BCUT2D eigenvalue weighted by Gasteiger charge is 2.78. The van der Waals surface area contributed by atoms with Crippen molar-refractivity contribution in [2.45, 2.75) is 46.6 Å². The van der Waals surface area contributed by atoms with Crippen LogP contribution in [0.5, 0.6) is 0 Å². The first-order chi connectivity index (χ1) is 6.44. The molecule has 2 N–H and O–H groups in total. The first-order valence-corrected chi connectivity index (χ1v) is 6.19. The van der Waals surface area contributed by atoms with Gasteiger partial charge in [0.2, 0.25) is 0 Å². The van der Waals surface area contributed by atoms with Crippen LogP contribution in [0.3, 0.4) is 0 Å². The number of fused-ring (bicyclic) bond motifs is 4. The lowest BCUT2D eigenvalue weighted by Gasteiger charge is -2.77. The van der Waals surface area contributed by atoms with Crippen LogP contribution in [0, 0.1) is 34.5 Å². The van der Waals surface area contributed by atoms with Crippen molar-refractivity contribution in [3.63, 3.8) is 0 Å². The van der Waals surface area contributed by atoms with Gasteiger partial charge in [-0.1, -0.05) is 27.7 Å². The summed E-state index contributed by atoms with van der Waals surface area (Å²) in [5.41, 5.74) is 7.48. The van der Waals surface area contributed by atoms with E-state index in [1.165, 1.54) is 12.8 Å². The topological polar surface area (TPSA) is 26.0 Å². The quantitative estimate of drug-likeness (QED) is 0.629. The van der Waals surface area contributed by atoms with E-state index in [-0.39, 0.29) is 0 Å². The lowest BCUT2D eigenvalue weighted by molar-refractivity contribution is -0.292. The Kier molecular flexibility index (Phi) is 1.45. The van der Waals surface area contributed by atoms with Crippen molar-refractivity contribution in [3.05, 3.63) is 0 Å². The Bertz CT molecular complexity index is 287. The normalized spacial score (nSPS) is 70.5. The molecule has 1 nitrogen and oxygen atoms in total. The van der Waals surface area contributed by atoms with Crippen molar-refractivity contribution >= 4 is 0 Å². The summed E-state index contributed by atoms with van der Waals surface area (Å²) in [6.07, 6.45) is 2.71. The first-order valence-electron chi connectivity index (χ1n) is 6.19. The molecule has 0 aliphatic heterocycles. The van der Waals surface area contributed by atoms with Crippen LogP contribution in [0.2, 0.25) is 0 Å². The molecule has 0 bridgehead atoms. The molecule has 3 saturated carbocycles. The van der Waals surface area contributed by atoms with E-state index >= 15 is 0 Å². The molecule has 1 heteroatoms. The van der Waals surface area contributed by atoms with Gasteiger partial charge in [-0.3, -0.25) is 0 Å². The third-order valence-electron chi connectivity index (χ3n) is 6.80. The van der Waals surface area contributed by atoms with Gasteiger partial charge in [-0.25, -0.2) is 0 Å². The van der Waals surface area contributed by atoms with Gasteiger partial charge in [-0.2, -0.15) is 0 Å². The van der Waals surface area contributed by atoms with Crippen LogP contribution in [0.25, 0.3) is 0 Å². The number of nitrogens with two attached hydrogens (primary N) is 1. The molecule has 0 aromatic carbocycles. The molecule has 3 aliphatic carbocycles. The molecule has 0 heterocycles. The fraction of sp³-hybridized carbons (Fsp3) is 1.00. The lowest BCUT2D eigenvalue weighted by Crippen LogP contribution is -2.73. The second-order valence-electron chi connectivity index (χ2n) is 6.64. The fourth-order valence-electron chi connectivity index (χ4n) is 5.61. The molecule has 14 heavy (non-hydrogen) atoms. The highest BCUT2D eigenvalue weighted by molar-refractivity contribution is 5.26. The number of hydrogen-bond donors (Lipinski definition) is 1. The molecule has 0 aromatic heterocycles. The van der Waals surface area contributed by atoms with E-state index < -0.39 is 0 Å². The number of rotatable bonds is 0. The van der Waals surface area contributed by atoms with Crippen LogP contribution in [-0.4, -0.2) is 6.04 Å². The van der Waals surface area contributed by atoms with Gasteiger partial charge >= 0.3 is 0 Å². The standard InChI is InChI=1S/C13H23N/c1-7-5-9-11-10(14)6-8(2)13(11,4)12(7,9)3/h7-11H,5-6,14H2,1-4H3. The molecule has 0 saturated heterocycles. The maximum Gasteiger partial charge on any atom is 0.00782 e. The lowest BCUT2D eigenvalue weighted by atomic mass is 9.27. The van der Waals surface area contributed by atoms with Gasteiger partial charge in [-0.15, -0.1) is 0 Å². The fourth-order valence-corrected chi connectivity index (χ4v) is 5.61. The Morgan fingerprint density at radius 2 is 1.57 bits per heavy atom. The van der Waals surface area contributed by atoms with Crippen LogP contribution < -0.4 is 5.73 Å². The molecular weight excluding hydrogens is 170 g/mol. The van der Waals surface area contributed by atoms with Crippen LogP contribution in [-0.2, 0) is 0 Å². The van der Waals surface area contributed by atoms with Gasteiger partial charge in [0.1, 0.15) is 0 Å². The summed E-state index contributed by atoms with van der Waals surface area (Å²) in [4.78, 5) is 0. The summed E-state index contributed by atoms with van der Waals surface area (Å²) in [7, 11) is 0. The molecule has 3 rings (SSSR count). The Balaban J connectivity index is 2.01. The van der Waals surface area contributed by atoms with E-state index in [1.807, 2.05) is 0 Å². The Labute approximate surface area is 87.4 Å². The van der Waals surface area contributed by atoms with Crippen LogP contribution in [0.4, 0.5) is 0 Å². The van der Waals surface area contributed by atoms with Gasteiger partial charge in [-0.05, 0) is 47.3 Å². The van der Waals surface area contributed by atoms with Crippen molar-refractivity contribution in [3.8, 4) is 0 Å². The molecule has 3 fully saturated rings. The molecule has 0 aromatic rings. The summed E-state index contributed by atoms with van der Waals surface area (Å²) in [5, 5.41) is 0. The van der Waals surface area contributed by atoms with E-state index in [1.54, 1.807) is 0 Å². The van der Waals surface area contributed by atoms with Gasteiger partial charge in [0.25, 0.3) is 0 Å². The predicted molar refractivity (Wildman–Crippen MR) is 58.7 cm³/mol. The third-order valence-corrected chi connectivity index (χ3v) is 6.80. The van der Waals surface area contributed by atoms with Crippen molar-refractivity contribution in [2.24, 2.45) is 40.2 Å². The second kappa shape index (κ2) is 2.21. The number of hydrogen-bond acceptors (Lipinski definition) is 1. The van der Waals surface area contributed by atoms with Crippen molar-refractivity contribution in [1.82, 2.24) is 0 Å². The largest absolute Gasteiger partial charge is 0.327 e. The van der Waals surface area contributed by atoms with Crippen molar-refractivity contribution in [2.75, 3.05) is 0 Å². The van der Waals surface area contributed by atoms with E-state index in [2.05, 4.69) is 27.7 Å². The Morgan fingerprint density at radius 3 is 2.14 bits per heavy atom. The Morgan fingerprint density at radius 1 is 1.00 bits per heavy atom. The van der Waals surface area contributed by atoms with E-state index in [0.29, 0.717) is 16.9 Å². The van der Waals surface area contributed by atoms with E-state index in [0.717, 1.165) is 23.7 Å². The summed E-state index contributed by atoms with van der Waals surface area (Å²) in [5.74, 6) is 3.58. The average Bonchev–Trinajstić information content (AvgIpc) is 2.33. The molecule has 7 unspecified atom stereocenters. The summed E-state index contributed by atoms with van der Waals surface area (Å²) < 4.78 is 0. The monoisotopic (exact) mass is 193 g/mol. The SMILES string of the molecule is CC1CC2C3C(N)CC(C)C3(C)C12C. The molecule has 0 amide bonds. The minimum Gasteiger partial charge on any atom is -0.327 e. The third kappa shape index (κ3) is 0.599. The summed E-state index contributed by atoms with van der Waals surface area (Å²) in [6.45, 7) is 9.90. The van der Waals surface area contributed by atoms with Crippen LogP contribution >= 0.6 is 0 Å². The minimum absolute atomic E-state index is 0.501. The van der Waals surface area contributed by atoms with E-state index in [4.69, 9.17) is 5.73 Å². The zero-order valence-electron chi connectivity index (χ0n) is 9.88. The molecule has 0 radical (unpaired) electrons. The maximum atomic E-state index is 6.29. The molecule has 0 spiro atoms. The smallest absolute Gasteiger partial charge is 0.00782 e. The van der Waals surface area contributed by atoms with Crippen LogP contribution in [0.1, 0.15) is 40.5 Å². The van der Waals surface area contributed by atoms with Crippen molar-refractivity contribution < 1.29 is 0 Å². The first kappa shape index (κ1) is 9.21. The van der Waals surface area contributed by atoms with Crippen LogP contribution in [0.15, 0.2) is 0 Å². The second-order valence-corrected chi connectivity index (χ2v) is 6.64. The predicted octanol–water partition coefficient (Wildman–Crippen LogP) is 2.65. The Hall–Kier alpha value is -0.0400. The van der Waals surface area contributed by atoms with Gasteiger partial charge in [0.15, 0.2) is 0 Å². The zero-order chi connectivity index (χ0) is 10.3. The van der Waals surface area contributed by atoms with E-state index in [9.17, 15) is 0 Å². The van der Waals surface area contributed by atoms with Crippen molar-refractivity contribution in [1.29, 1.82) is 0 Å². The maximum absolute atomic E-state index is 6.29. The minimum atomic E-state index is 0.501. The molecule has 7 atom stereocenters. The highest BCUT2D eigenvalue weighted by Crippen LogP contribution is 2.81. The molecular formula is C13H23N. The summed E-state index contributed by atoms with van der Waals surface area (Å²) >= 11 is 0. The molecule has 3 aliphatic rings. The van der Waals surface area contributed by atoms with Gasteiger partial charge < -0.3 is 5.73 Å². The average molecular weight is 193 g/mol. The molecule has 80 valence electrons. The zero-order valence-corrected chi connectivity index (χ0v) is 9.88. The van der Waals surface area contributed by atoms with Gasteiger partial charge in [0, 0.05) is 6.04 Å².